The van der Waals surface area contributed by atoms with Crippen molar-refractivity contribution in [1.29, 1.82) is 5.26 Å². The Morgan fingerprint density at radius 2 is 1.89 bits per heavy atom. The molecule has 3 rings (SSSR count). The van der Waals surface area contributed by atoms with E-state index in [1.807, 2.05) is 38.1 Å². The Balaban J connectivity index is 1.83. The standard InChI is InChI=1S/C21H21F3N2O/c1-14-4-3-5-19(15(14)2)27-18-8-6-16(7-9-18)20(10-11-25)12-17(13-26-20)21(22,23)24/h3-9,17,26H,10,12-13H2,1-2H3/t17-,20+/m0/s1. The van der Waals surface area contributed by atoms with Crippen LogP contribution >= 0.6 is 0 Å². The molecular weight excluding hydrogens is 353 g/mol. The maximum atomic E-state index is 13.1. The molecule has 1 saturated heterocycles. The van der Waals surface area contributed by atoms with E-state index in [-0.39, 0.29) is 19.4 Å². The van der Waals surface area contributed by atoms with Gasteiger partial charge in [0.1, 0.15) is 11.5 Å². The summed E-state index contributed by atoms with van der Waals surface area (Å²) in [6, 6.07) is 14.8. The average molecular weight is 374 g/mol. The highest BCUT2D eigenvalue weighted by Crippen LogP contribution is 2.43. The lowest BCUT2D eigenvalue weighted by molar-refractivity contribution is -0.170. The van der Waals surface area contributed by atoms with E-state index in [1.165, 1.54) is 0 Å². The lowest BCUT2D eigenvalue weighted by Gasteiger charge is -2.28. The summed E-state index contributed by atoms with van der Waals surface area (Å²) < 4.78 is 45.2. The van der Waals surface area contributed by atoms with Gasteiger partial charge < -0.3 is 10.1 Å². The molecule has 6 heteroatoms. The summed E-state index contributed by atoms with van der Waals surface area (Å²) in [6.45, 7) is 3.80. The number of nitrogens with zero attached hydrogens (tertiary/aromatic N) is 1. The number of hydrogen-bond acceptors (Lipinski definition) is 3. The smallest absolute Gasteiger partial charge is 0.393 e. The fourth-order valence-corrected chi connectivity index (χ4v) is 3.51. The first-order valence-electron chi connectivity index (χ1n) is 8.78. The van der Waals surface area contributed by atoms with Gasteiger partial charge in [0, 0.05) is 6.54 Å². The highest BCUT2D eigenvalue weighted by atomic mass is 19.4. The first-order valence-corrected chi connectivity index (χ1v) is 8.78. The molecule has 0 saturated carbocycles. The van der Waals surface area contributed by atoms with Crippen LogP contribution in [0, 0.1) is 31.1 Å². The molecule has 0 aromatic heterocycles. The molecule has 1 aliphatic rings. The van der Waals surface area contributed by atoms with Crippen molar-refractivity contribution in [3.8, 4) is 17.6 Å². The van der Waals surface area contributed by atoms with Crippen LogP contribution in [0.3, 0.4) is 0 Å². The molecule has 0 bridgehead atoms. The number of nitriles is 1. The van der Waals surface area contributed by atoms with E-state index in [0.29, 0.717) is 11.3 Å². The Morgan fingerprint density at radius 1 is 1.19 bits per heavy atom. The molecule has 1 aliphatic heterocycles. The predicted octanol–water partition coefficient (Wildman–Crippen LogP) is 5.38. The van der Waals surface area contributed by atoms with Crippen LogP contribution in [0.15, 0.2) is 42.5 Å². The van der Waals surface area contributed by atoms with Gasteiger partial charge in [0.15, 0.2) is 0 Å². The zero-order valence-electron chi connectivity index (χ0n) is 15.2. The molecule has 0 unspecified atom stereocenters. The van der Waals surface area contributed by atoms with Gasteiger partial charge in [-0.15, -0.1) is 0 Å². The molecule has 2 atom stereocenters. The number of ether oxygens (including phenoxy) is 1. The highest BCUT2D eigenvalue weighted by Gasteiger charge is 2.50. The largest absolute Gasteiger partial charge is 0.457 e. The second kappa shape index (κ2) is 7.24. The Bertz CT molecular complexity index is 855. The molecule has 0 radical (unpaired) electrons. The second-order valence-corrected chi connectivity index (χ2v) is 7.07. The molecule has 3 nitrogen and oxygen atoms in total. The monoisotopic (exact) mass is 374 g/mol. The van der Waals surface area contributed by atoms with Crippen molar-refractivity contribution in [1.82, 2.24) is 5.32 Å². The molecule has 2 aromatic carbocycles. The molecule has 1 fully saturated rings. The Morgan fingerprint density at radius 3 is 2.48 bits per heavy atom. The first-order chi connectivity index (χ1) is 12.7. The minimum atomic E-state index is -4.27. The van der Waals surface area contributed by atoms with Crippen LogP contribution in [0.25, 0.3) is 0 Å². The number of alkyl halides is 3. The second-order valence-electron chi connectivity index (χ2n) is 7.07. The van der Waals surface area contributed by atoms with Crippen molar-refractivity contribution in [2.45, 2.75) is 38.4 Å². The average Bonchev–Trinajstić information content (AvgIpc) is 3.06. The van der Waals surface area contributed by atoms with Crippen LogP contribution in [-0.2, 0) is 5.54 Å². The predicted molar refractivity (Wildman–Crippen MR) is 96.5 cm³/mol. The van der Waals surface area contributed by atoms with E-state index in [0.717, 1.165) is 16.9 Å². The van der Waals surface area contributed by atoms with E-state index < -0.39 is 17.6 Å². The van der Waals surface area contributed by atoms with Crippen LogP contribution in [0.2, 0.25) is 0 Å². The van der Waals surface area contributed by atoms with Gasteiger partial charge in [-0.2, -0.15) is 18.4 Å². The first kappa shape index (κ1) is 19.2. The third-order valence-electron chi connectivity index (χ3n) is 5.32. The minimum Gasteiger partial charge on any atom is -0.457 e. The fraction of sp³-hybridized carbons (Fsp3) is 0.381. The van der Waals surface area contributed by atoms with Crippen LogP contribution in [0.1, 0.15) is 29.5 Å². The highest BCUT2D eigenvalue weighted by molar-refractivity contribution is 5.42. The van der Waals surface area contributed by atoms with Gasteiger partial charge in [-0.25, -0.2) is 0 Å². The summed E-state index contributed by atoms with van der Waals surface area (Å²) in [5.74, 6) is -0.104. The van der Waals surface area contributed by atoms with Crippen LogP contribution in [0.5, 0.6) is 11.5 Å². The number of benzene rings is 2. The van der Waals surface area contributed by atoms with E-state index in [9.17, 15) is 13.2 Å². The summed E-state index contributed by atoms with van der Waals surface area (Å²) in [4.78, 5) is 0. The SMILES string of the molecule is Cc1cccc(Oc2ccc([C@@]3(CC#N)C[C@H](C(F)(F)F)CN3)cc2)c1C. The molecule has 142 valence electrons. The number of rotatable bonds is 4. The molecule has 2 aromatic rings. The van der Waals surface area contributed by atoms with E-state index in [2.05, 4.69) is 5.32 Å². The van der Waals surface area contributed by atoms with E-state index in [1.54, 1.807) is 24.3 Å². The van der Waals surface area contributed by atoms with Crippen molar-refractivity contribution in [2.24, 2.45) is 5.92 Å². The zero-order chi connectivity index (χ0) is 19.7. The third-order valence-corrected chi connectivity index (χ3v) is 5.32. The Labute approximate surface area is 156 Å². The zero-order valence-corrected chi connectivity index (χ0v) is 15.2. The van der Waals surface area contributed by atoms with Gasteiger partial charge >= 0.3 is 6.18 Å². The van der Waals surface area contributed by atoms with Gasteiger partial charge in [-0.3, -0.25) is 0 Å². The van der Waals surface area contributed by atoms with Crippen molar-refractivity contribution >= 4 is 0 Å². The normalized spacial score (nSPS) is 22.4. The summed E-state index contributed by atoms with van der Waals surface area (Å²) in [5, 5.41) is 12.1. The Kier molecular flexibility index (Phi) is 5.16. The third kappa shape index (κ3) is 3.93. The number of aryl methyl sites for hydroxylation is 1. The summed E-state index contributed by atoms with van der Waals surface area (Å²) >= 11 is 0. The molecule has 1 heterocycles. The number of nitrogens with one attached hydrogen (secondary N) is 1. The molecule has 1 N–H and O–H groups in total. The summed E-state index contributed by atoms with van der Waals surface area (Å²) in [6.07, 6.45) is -4.42. The van der Waals surface area contributed by atoms with Gasteiger partial charge in [-0.05, 0) is 55.2 Å². The van der Waals surface area contributed by atoms with Gasteiger partial charge in [0.05, 0.1) is 23.9 Å². The topological polar surface area (TPSA) is 45.0 Å². The number of halogens is 3. The van der Waals surface area contributed by atoms with Gasteiger partial charge in [0.25, 0.3) is 0 Å². The maximum absolute atomic E-state index is 13.1. The quantitative estimate of drug-likeness (QED) is 0.782. The van der Waals surface area contributed by atoms with E-state index >= 15 is 0 Å². The van der Waals surface area contributed by atoms with Gasteiger partial charge in [0.2, 0.25) is 0 Å². The van der Waals surface area contributed by atoms with E-state index in [4.69, 9.17) is 10.00 Å². The van der Waals surface area contributed by atoms with Gasteiger partial charge in [-0.1, -0.05) is 24.3 Å². The molecule has 27 heavy (non-hydrogen) atoms. The minimum absolute atomic E-state index is 0.0171. The van der Waals surface area contributed by atoms with Crippen LogP contribution in [0.4, 0.5) is 13.2 Å². The van der Waals surface area contributed by atoms with Crippen molar-refractivity contribution in [3.63, 3.8) is 0 Å². The van der Waals surface area contributed by atoms with Crippen molar-refractivity contribution in [3.05, 3.63) is 59.2 Å². The lowest BCUT2D eigenvalue weighted by Crippen LogP contribution is -2.36. The molecule has 0 amide bonds. The maximum Gasteiger partial charge on any atom is 0.393 e. The number of hydrogen-bond donors (Lipinski definition) is 1. The molecular formula is C21H21F3N2O. The Hall–Kier alpha value is -2.52. The summed E-state index contributed by atoms with van der Waals surface area (Å²) in [7, 11) is 0. The molecule has 0 aliphatic carbocycles. The van der Waals surface area contributed by atoms with Crippen molar-refractivity contribution in [2.75, 3.05) is 6.54 Å². The van der Waals surface area contributed by atoms with Crippen molar-refractivity contribution < 1.29 is 17.9 Å². The lowest BCUT2D eigenvalue weighted by atomic mass is 9.83. The summed E-state index contributed by atoms with van der Waals surface area (Å²) in [5.41, 5.74) is 1.84. The van der Waals surface area contributed by atoms with Crippen LogP contribution in [-0.4, -0.2) is 12.7 Å². The van der Waals surface area contributed by atoms with Crippen LogP contribution < -0.4 is 10.1 Å². The fourth-order valence-electron chi connectivity index (χ4n) is 3.51. The molecule has 0 spiro atoms.